The van der Waals surface area contributed by atoms with E-state index < -0.39 is 6.61 Å². The number of halogens is 2. The van der Waals surface area contributed by atoms with Crippen molar-refractivity contribution >= 4 is 22.8 Å². The topological polar surface area (TPSA) is 82.2 Å². The molecule has 0 saturated carbocycles. The Kier molecular flexibility index (Phi) is 4.64. The van der Waals surface area contributed by atoms with Gasteiger partial charge in [-0.25, -0.2) is 4.98 Å². The Bertz CT molecular complexity index is 904. The van der Waals surface area contributed by atoms with E-state index in [-0.39, 0.29) is 29.2 Å². The number of nitrogens with zero attached hydrogens (tertiary/aromatic N) is 3. The van der Waals surface area contributed by atoms with Crippen LogP contribution in [0.2, 0.25) is 0 Å². The molecule has 0 unspecified atom stereocenters. The molecule has 0 aliphatic heterocycles. The molecule has 1 N–H and O–H groups in total. The van der Waals surface area contributed by atoms with Crippen LogP contribution < -0.4 is 10.1 Å². The highest BCUT2D eigenvalue weighted by molar-refractivity contribution is 5.94. The molecule has 7 nitrogen and oxygen atoms in total. The second kappa shape index (κ2) is 6.88. The van der Waals surface area contributed by atoms with Crippen molar-refractivity contribution in [3.8, 4) is 5.75 Å². The van der Waals surface area contributed by atoms with E-state index >= 15 is 0 Å². The first-order chi connectivity index (χ1) is 12.0. The van der Waals surface area contributed by atoms with Gasteiger partial charge in [-0.15, -0.1) is 0 Å². The van der Waals surface area contributed by atoms with Gasteiger partial charge in [-0.2, -0.15) is 13.9 Å². The second-order valence-corrected chi connectivity index (χ2v) is 5.31. The summed E-state index contributed by atoms with van der Waals surface area (Å²) in [7, 11) is 1.70. The van der Waals surface area contributed by atoms with Crippen LogP contribution in [-0.2, 0) is 24.7 Å². The van der Waals surface area contributed by atoms with E-state index in [0.29, 0.717) is 23.7 Å². The van der Waals surface area contributed by atoms with Gasteiger partial charge in [0, 0.05) is 25.1 Å². The van der Waals surface area contributed by atoms with Crippen LogP contribution >= 0.6 is 0 Å². The first-order valence-corrected chi connectivity index (χ1v) is 7.62. The number of nitrogens with one attached hydrogen (secondary N) is 1. The summed E-state index contributed by atoms with van der Waals surface area (Å²) in [6, 6.07) is 4.55. The smallest absolute Gasteiger partial charge is 0.387 e. The van der Waals surface area contributed by atoms with Crippen molar-refractivity contribution in [1.82, 2.24) is 14.8 Å². The van der Waals surface area contributed by atoms with Gasteiger partial charge >= 0.3 is 6.61 Å². The minimum absolute atomic E-state index is 0.00497. The minimum Gasteiger partial charge on any atom is -0.440 e. The van der Waals surface area contributed by atoms with E-state index in [1.807, 2.05) is 6.92 Å². The number of anilines is 1. The van der Waals surface area contributed by atoms with E-state index in [1.54, 1.807) is 19.3 Å². The monoisotopic (exact) mass is 350 g/mol. The number of benzene rings is 1. The molecule has 2 aromatic heterocycles. The highest BCUT2D eigenvalue weighted by Gasteiger charge is 2.19. The number of alkyl halides is 2. The first-order valence-electron chi connectivity index (χ1n) is 7.62. The number of amides is 1. The van der Waals surface area contributed by atoms with Crippen molar-refractivity contribution in [2.75, 3.05) is 5.32 Å². The van der Waals surface area contributed by atoms with Gasteiger partial charge in [0.15, 0.2) is 22.7 Å². The molecule has 1 amide bonds. The van der Waals surface area contributed by atoms with Gasteiger partial charge in [0.05, 0.1) is 12.6 Å². The highest BCUT2D eigenvalue weighted by atomic mass is 19.3. The lowest BCUT2D eigenvalue weighted by molar-refractivity contribution is -0.115. The van der Waals surface area contributed by atoms with Gasteiger partial charge in [-0.3, -0.25) is 9.48 Å². The zero-order valence-electron chi connectivity index (χ0n) is 13.6. The summed E-state index contributed by atoms with van der Waals surface area (Å²) in [6.07, 6.45) is 2.05. The van der Waals surface area contributed by atoms with E-state index in [9.17, 15) is 13.6 Å². The van der Waals surface area contributed by atoms with Crippen molar-refractivity contribution in [2.45, 2.75) is 26.4 Å². The molecule has 3 rings (SSSR count). The summed E-state index contributed by atoms with van der Waals surface area (Å²) >= 11 is 0. The van der Waals surface area contributed by atoms with Gasteiger partial charge in [0.1, 0.15) is 5.82 Å². The highest BCUT2D eigenvalue weighted by Crippen LogP contribution is 2.30. The predicted molar refractivity (Wildman–Crippen MR) is 85.6 cm³/mol. The Labute approximate surface area is 141 Å². The lowest BCUT2D eigenvalue weighted by Gasteiger charge is -2.08. The van der Waals surface area contributed by atoms with Gasteiger partial charge in [-0.1, -0.05) is 13.0 Å². The zero-order chi connectivity index (χ0) is 18.0. The Morgan fingerprint density at radius 3 is 2.84 bits per heavy atom. The van der Waals surface area contributed by atoms with E-state index in [2.05, 4.69) is 20.1 Å². The largest absolute Gasteiger partial charge is 0.440 e. The number of hydrogen-bond acceptors (Lipinski definition) is 5. The van der Waals surface area contributed by atoms with Crippen LogP contribution in [-0.4, -0.2) is 27.3 Å². The fourth-order valence-electron chi connectivity index (χ4n) is 2.42. The molecular weight excluding hydrogens is 334 g/mol. The number of aromatic nitrogens is 3. The third kappa shape index (κ3) is 3.59. The Balaban J connectivity index is 1.89. The third-order valence-corrected chi connectivity index (χ3v) is 3.59. The van der Waals surface area contributed by atoms with Crippen molar-refractivity contribution in [3.05, 3.63) is 35.9 Å². The Morgan fingerprint density at radius 2 is 2.20 bits per heavy atom. The van der Waals surface area contributed by atoms with Gasteiger partial charge < -0.3 is 14.5 Å². The number of hydrogen-bond donors (Lipinski definition) is 1. The first kappa shape index (κ1) is 16.9. The maximum absolute atomic E-state index is 12.5. The molecular formula is C16H16F2N4O3. The van der Waals surface area contributed by atoms with Crippen LogP contribution in [0.3, 0.4) is 0 Å². The quantitative estimate of drug-likeness (QED) is 0.739. The number of rotatable bonds is 6. The number of carbonyl (C=O) groups excluding carboxylic acids is 1. The number of oxazole rings is 1. The molecule has 1 aromatic carbocycles. The molecule has 0 aliphatic carbocycles. The summed E-state index contributed by atoms with van der Waals surface area (Å²) < 4.78 is 36.7. The Morgan fingerprint density at radius 1 is 1.40 bits per heavy atom. The summed E-state index contributed by atoms with van der Waals surface area (Å²) in [4.78, 5) is 16.4. The summed E-state index contributed by atoms with van der Waals surface area (Å²) in [5, 5.41) is 6.69. The van der Waals surface area contributed by atoms with Crippen LogP contribution in [0, 0.1) is 0 Å². The maximum atomic E-state index is 12.5. The maximum Gasteiger partial charge on any atom is 0.387 e. The van der Waals surface area contributed by atoms with Crippen molar-refractivity contribution in [1.29, 1.82) is 0 Å². The number of aryl methyl sites for hydroxylation is 2. The standard InChI is InChI=1S/C16H16F2N4O3/c1-3-13-21-14-10(24-16(17)18)5-4-9(15(14)25-13)8-12(23)20-11-6-7-19-22(11)2/h4-7,16H,3,8H2,1-2H3,(H,20,23). The molecule has 3 aromatic rings. The number of fused-ring (bicyclic) bond motifs is 1. The van der Waals surface area contributed by atoms with E-state index in [1.165, 1.54) is 16.8 Å². The molecule has 25 heavy (non-hydrogen) atoms. The normalized spacial score (nSPS) is 11.2. The van der Waals surface area contributed by atoms with E-state index in [0.717, 1.165) is 0 Å². The average molecular weight is 350 g/mol. The summed E-state index contributed by atoms with van der Waals surface area (Å²) in [5.74, 6) is 0.561. The van der Waals surface area contributed by atoms with Crippen LogP contribution in [0.4, 0.5) is 14.6 Å². The van der Waals surface area contributed by atoms with Crippen molar-refractivity contribution in [3.63, 3.8) is 0 Å². The van der Waals surface area contributed by atoms with Crippen LogP contribution in [0.5, 0.6) is 5.75 Å². The molecule has 0 aliphatic rings. The molecule has 9 heteroatoms. The lowest BCUT2D eigenvalue weighted by Crippen LogP contribution is -2.16. The van der Waals surface area contributed by atoms with Crippen molar-refractivity contribution < 1.29 is 22.7 Å². The molecule has 2 heterocycles. The van der Waals surface area contributed by atoms with Crippen LogP contribution in [0.1, 0.15) is 18.4 Å². The zero-order valence-corrected chi connectivity index (χ0v) is 13.6. The minimum atomic E-state index is -2.97. The SMILES string of the molecule is CCc1nc2c(OC(F)F)ccc(CC(=O)Nc3ccnn3C)c2o1. The molecule has 0 bridgehead atoms. The molecule has 132 valence electrons. The molecule has 0 atom stereocenters. The van der Waals surface area contributed by atoms with Crippen molar-refractivity contribution in [2.24, 2.45) is 7.05 Å². The summed E-state index contributed by atoms with van der Waals surface area (Å²) in [6.45, 7) is -1.14. The van der Waals surface area contributed by atoms with E-state index in [4.69, 9.17) is 4.42 Å². The number of carbonyl (C=O) groups is 1. The van der Waals surface area contributed by atoms with Crippen LogP contribution in [0.15, 0.2) is 28.8 Å². The fourth-order valence-corrected chi connectivity index (χ4v) is 2.42. The third-order valence-electron chi connectivity index (χ3n) is 3.59. The average Bonchev–Trinajstić information content (AvgIpc) is 3.16. The second-order valence-electron chi connectivity index (χ2n) is 5.31. The number of ether oxygens (including phenoxy) is 1. The van der Waals surface area contributed by atoms with Gasteiger partial charge in [0.2, 0.25) is 5.91 Å². The van der Waals surface area contributed by atoms with Gasteiger partial charge in [0.25, 0.3) is 0 Å². The fraction of sp³-hybridized carbons (Fsp3) is 0.312. The molecule has 0 saturated heterocycles. The molecule has 0 spiro atoms. The van der Waals surface area contributed by atoms with Gasteiger partial charge in [-0.05, 0) is 6.07 Å². The Hall–Kier alpha value is -2.97. The van der Waals surface area contributed by atoms with Crippen LogP contribution in [0.25, 0.3) is 11.1 Å². The predicted octanol–water partition coefficient (Wildman–Crippen LogP) is 2.91. The summed E-state index contributed by atoms with van der Waals surface area (Å²) in [5.41, 5.74) is 0.988. The molecule has 0 fully saturated rings. The molecule has 0 radical (unpaired) electrons. The lowest BCUT2D eigenvalue weighted by atomic mass is 10.1.